The van der Waals surface area contributed by atoms with Gasteiger partial charge in [-0.2, -0.15) is 5.26 Å². The highest BCUT2D eigenvalue weighted by Gasteiger charge is 2.13. The number of anilines is 5. The summed E-state index contributed by atoms with van der Waals surface area (Å²) in [6.07, 6.45) is 1.07. The Kier molecular flexibility index (Phi) is 8.70. The number of thiazole rings is 1. The van der Waals surface area contributed by atoms with Crippen LogP contribution in [0.25, 0.3) is 21.5 Å². The minimum Gasteiger partial charge on any atom is -0.382 e. The van der Waals surface area contributed by atoms with Crippen molar-refractivity contribution in [2.24, 2.45) is 0 Å². The average molecular weight is 602 g/mol. The van der Waals surface area contributed by atoms with Gasteiger partial charge in [0.05, 0.1) is 17.1 Å². The zero-order valence-corrected chi connectivity index (χ0v) is 25.4. The molecule has 1 aromatic heterocycles. The largest absolute Gasteiger partial charge is 0.382 e. The maximum absolute atomic E-state index is 8.93. The zero-order valence-electron chi connectivity index (χ0n) is 24.6. The van der Waals surface area contributed by atoms with Crippen LogP contribution in [0.5, 0.6) is 0 Å². The number of hydrogen-bond acceptors (Lipinski definition) is 8. The number of nitrogens with zero attached hydrogens (tertiary/aromatic N) is 2. The minimum absolute atomic E-state index is 0.400. The van der Waals surface area contributed by atoms with Gasteiger partial charge < -0.3 is 5.32 Å². The van der Waals surface area contributed by atoms with Crippen LogP contribution in [0, 0.1) is 11.3 Å². The lowest BCUT2D eigenvalue weighted by atomic mass is 10.1. The van der Waals surface area contributed by atoms with Gasteiger partial charge in [0, 0.05) is 50.8 Å². The summed E-state index contributed by atoms with van der Waals surface area (Å²) in [5.74, 6) is 0. The molecule has 0 spiro atoms. The van der Waals surface area contributed by atoms with E-state index in [2.05, 4.69) is 124 Å². The van der Waals surface area contributed by atoms with Gasteiger partial charge in [-0.3, -0.25) is 10.9 Å². The van der Waals surface area contributed by atoms with Gasteiger partial charge >= 0.3 is 0 Å². The molecule has 0 aliphatic carbocycles. The summed E-state index contributed by atoms with van der Waals surface area (Å²) < 4.78 is 0. The van der Waals surface area contributed by atoms with Crippen molar-refractivity contribution in [2.45, 2.75) is 26.3 Å². The third-order valence-electron chi connectivity index (χ3n) is 7.52. The van der Waals surface area contributed by atoms with Crippen molar-refractivity contribution in [3.8, 4) is 6.07 Å². The number of benzene rings is 5. The second kappa shape index (κ2) is 13.3. The van der Waals surface area contributed by atoms with Crippen molar-refractivity contribution in [1.82, 2.24) is 4.98 Å². The Morgan fingerprint density at radius 2 is 1.32 bits per heavy atom. The smallest absolute Gasteiger partial charge is 0.202 e. The Morgan fingerprint density at radius 1 is 0.727 bits per heavy atom. The topological polar surface area (TPSA) is 130 Å². The molecule has 0 aliphatic heterocycles. The molecule has 0 saturated heterocycles. The van der Waals surface area contributed by atoms with E-state index in [-0.39, 0.29) is 0 Å². The molecule has 0 amide bonds. The Bertz CT molecular complexity index is 1930. The van der Waals surface area contributed by atoms with Crippen molar-refractivity contribution in [1.29, 1.82) is 5.26 Å². The van der Waals surface area contributed by atoms with Crippen LogP contribution in [-0.4, -0.2) is 11.0 Å². The van der Waals surface area contributed by atoms with Crippen LogP contribution in [0.15, 0.2) is 102 Å². The molecule has 5 aromatic carbocycles. The average Bonchev–Trinajstić information content (AvgIpc) is 3.55. The van der Waals surface area contributed by atoms with Crippen molar-refractivity contribution in [3.05, 3.63) is 108 Å². The number of aromatic nitrogens is 1. The maximum atomic E-state index is 8.93. The van der Waals surface area contributed by atoms with Crippen LogP contribution in [0.2, 0.25) is 0 Å². The van der Waals surface area contributed by atoms with Crippen LogP contribution in [0.4, 0.5) is 39.3 Å². The van der Waals surface area contributed by atoms with E-state index in [9.17, 15) is 0 Å². The van der Waals surface area contributed by atoms with E-state index in [4.69, 9.17) is 5.26 Å². The number of hydrogen-bond donors (Lipinski definition) is 7. The van der Waals surface area contributed by atoms with E-state index >= 15 is 0 Å². The Labute approximate surface area is 260 Å². The summed E-state index contributed by atoms with van der Waals surface area (Å²) in [6, 6.07) is 36.0. The first-order chi connectivity index (χ1) is 21.6. The van der Waals surface area contributed by atoms with E-state index in [1.165, 1.54) is 27.8 Å². The Morgan fingerprint density at radius 3 is 1.95 bits per heavy atom. The minimum atomic E-state index is 0.400. The molecule has 10 heteroatoms. The normalized spacial score (nSPS) is 11.6. The summed E-state index contributed by atoms with van der Waals surface area (Å²) in [6.45, 7) is 4.41. The number of hydrazine groups is 1. The maximum Gasteiger partial charge on any atom is 0.202 e. The quantitative estimate of drug-likeness (QED) is 0.0490. The fraction of sp³-hybridized carbons (Fsp3) is 0.118. The number of fused-ring (bicyclic) bond motifs is 2. The van der Waals surface area contributed by atoms with Crippen LogP contribution in [-0.2, 0) is 0 Å². The lowest BCUT2D eigenvalue weighted by Crippen LogP contribution is -2.83. The highest BCUT2D eigenvalue weighted by atomic mass is 32.1. The molecular formula is C34H35N9S+2. The van der Waals surface area contributed by atoms with E-state index < -0.39 is 0 Å². The van der Waals surface area contributed by atoms with Crippen LogP contribution in [0.3, 0.4) is 0 Å². The number of nitrogen functional groups attached to an aromatic ring is 2. The van der Waals surface area contributed by atoms with Crippen molar-refractivity contribution < 1.29 is 10.9 Å². The van der Waals surface area contributed by atoms with Gasteiger partial charge in [0.1, 0.15) is 6.07 Å². The molecule has 0 aliphatic rings. The van der Waals surface area contributed by atoms with E-state index in [1.807, 2.05) is 35.8 Å². The standard InChI is InChI=1S/C34H33N9S/c1-3-22(2)36-30-16-17-32(27-9-5-4-8-26(27)30)41-42-33-19-18-31(28-10-6-7-11-29(28)33)40-38-23-12-14-24(15-13-23)39-43-34-37-25(20-35)21-44-34/h4-19,21-22,36,38-42H,3H2,1-2H3,(H,37,43)/p+2. The van der Waals surface area contributed by atoms with Crippen LogP contribution in [0.1, 0.15) is 26.0 Å². The Balaban J connectivity index is 1.13. The molecule has 0 fully saturated rings. The molecular weight excluding hydrogens is 567 g/mol. The third kappa shape index (κ3) is 6.50. The molecule has 0 saturated carbocycles. The first-order valence-corrected chi connectivity index (χ1v) is 15.5. The Hall–Kier alpha value is -5.34. The lowest BCUT2D eigenvalue weighted by molar-refractivity contribution is -0.537. The van der Waals surface area contributed by atoms with Gasteiger partial charge in [-0.05, 0) is 61.9 Å². The molecule has 0 bridgehead atoms. The zero-order chi connectivity index (χ0) is 30.3. The molecule has 1 atom stereocenters. The first-order valence-electron chi connectivity index (χ1n) is 14.6. The first kappa shape index (κ1) is 28.8. The van der Waals surface area contributed by atoms with Gasteiger partial charge in [0.2, 0.25) is 5.13 Å². The summed E-state index contributed by atoms with van der Waals surface area (Å²) in [4.78, 5) is 4.17. The molecule has 44 heavy (non-hydrogen) atoms. The number of nitriles is 1. The van der Waals surface area contributed by atoms with Gasteiger partial charge in [0.25, 0.3) is 0 Å². The van der Waals surface area contributed by atoms with Gasteiger partial charge in [-0.1, -0.05) is 43.3 Å². The van der Waals surface area contributed by atoms with Crippen molar-refractivity contribution >= 4 is 72.1 Å². The van der Waals surface area contributed by atoms with Crippen molar-refractivity contribution in [3.63, 3.8) is 0 Å². The summed E-state index contributed by atoms with van der Waals surface area (Å²) in [5, 5.41) is 19.7. The fourth-order valence-corrected chi connectivity index (χ4v) is 5.58. The summed E-state index contributed by atoms with van der Waals surface area (Å²) in [5.41, 5.74) is 24.0. The molecule has 9 nitrogen and oxygen atoms in total. The molecule has 9 N–H and O–H groups in total. The highest BCUT2D eigenvalue weighted by Crippen LogP contribution is 2.30. The predicted octanol–water partition coefficient (Wildman–Crippen LogP) is 6.41. The fourth-order valence-electron chi connectivity index (χ4n) is 4.99. The van der Waals surface area contributed by atoms with Gasteiger partial charge in [-0.25, -0.2) is 26.7 Å². The molecule has 0 radical (unpaired) electrons. The molecule has 220 valence electrons. The lowest BCUT2D eigenvalue weighted by Gasteiger charge is -2.16. The van der Waals surface area contributed by atoms with Gasteiger partial charge in [-0.15, -0.1) is 11.3 Å². The predicted molar refractivity (Wildman–Crippen MR) is 182 cm³/mol. The SMILES string of the molecule is CCC(C)Nc1ccc([NH2+]Nc2ccc([NH2+]Nc3ccc(NNc4nc(C#N)cs4)cc3)c3ccccc23)c2ccccc12. The third-order valence-corrected chi connectivity index (χ3v) is 8.28. The second-order valence-electron chi connectivity index (χ2n) is 10.5. The van der Waals surface area contributed by atoms with Gasteiger partial charge in [0.15, 0.2) is 17.1 Å². The number of nitrogens with one attached hydrogen (secondary N) is 5. The summed E-state index contributed by atoms with van der Waals surface area (Å²) >= 11 is 1.38. The molecule has 6 rings (SSSR count). The molecule has 1 unspecified atom stereocenters. The van der Waals surface area contributed by atoms with E-state index in [1.54, 1.807) is 5.38 Å². The molecule has 1 heterocycles. The molecule has 6 aromatic rings. The number of rotatable bonds is 12. The van der Waals surface area contributed by atoms with E-state index in [0.29, 0.717) is 16.9 Å². The number of nitrogens with two attached hydrogens (primary N) is 2. The highest BCUT2D eigenvalue weighted by molar-refractivity contribution is 7.13. The monoisotopic (exact) mass is 601 g/mol. The van der Waals surface area contributed by atoms with Crippen LogP contribution >= 0.6 is 11.3 Å². The van der Waals surface area contributed by atoms with Crippen molar-refractivity contribution in [2.75, 3.05) is 27.0 Å². The van der Waals surface area contributed by atoms with E-state index in [0.717, 1.165) is 45.6 Å². The van der Waals surface area contributed by atoms with Crippen LogP contribution < -0.4 is 37.9 Å². The second-order valence-corrected chi connectivity index (χ2v) is 11.4. The summed E-state index contributed by atoms with van der Waals surface area (Å²) in [7, 11) is 0. The number of quaternary nitrogens is 2.